The topological polar surface area (TPSA) is 63.4 Å². The lowest BCUT2D eigenvalue weighted by atomic mass is 10.1. The Morgan fingerprint density at radius 2 is 1.78 bits per heavy atom. The molecule has 1 unspecified atom stereocenters. The van der Waals surface area contributed by atoms with Gasteiger partial charge < -0.3 is 4.90 Å². The predicted molar refractivity (Wildman–Crippen MR) is 108 cm³/mol. The number of aromatic nitrogens is 4. The third-order valence-electron chi connectivity index (χ3n) is 4.73. The van der Waals surface area contributed by atoms with Gasteiger partial charge in [0.15, 0.2) is 5.65 Å². The van der Waals surface area contributed by atoms with E-state index in [0.29, 0.717) is 15.6 Å². The van der Waals surface area contributed by atoms with E-state index in [-0.39, 0.29) is 0 Å². The standard InChI is InChI=1S/C20H21N5OS/c1-4-24(5-2)18-17-14(3)10-9-13-16(17)25-19(21-18)20(22-23-25)27(26)15-11-7-6-8-12-15/h6-13H,4-5H2,1-3H3. The molecule has 0 aliphatic carbocycles. The Kier molecular flexibility index (Phi) is 4.61. The molecule has 0 amide bonds. The molecule has 0 bridgehead atoms. The summed E-state index contributed by atoms with van der Waals surface area (Å²) < 4.78 is 14.8. The summed E-state index contributed by atoms with van der Waals surface area (Å²) in [6.07, 6.45) is 0. The zero-order valence-electron chi connectivity index (χ0n) is 15.6. The SMILES string of the molecule is CCN(CC)c1nc2c(S(=O)c3ccccc3)nnn2c2cccc(C)c12. The van der Waals surface area contributed by atoms with E-state index in [0.717, 1.165) is 35.4 Å². The molecule has 2 aromatic carbocycles. The third kappa shape index (κ3) is 2.88. The van der Waals surface area contributed by atoms with E-state index in [9.17, 15) is 4.21 Å². The summed E-state index contributed by atoms with van der Waals surface area (Å²) >= 11 is 0. The van der Waals surface area contributed by atoms with Crippen LogP contribution in [0.15, 0.2) is 58.5 Å². The molecule has 7 heteroatoms. The predicted octanol–water partition coefficient (Wildman–Crippen LogP) is 3.60. The molecule has 4 rings (SSSR count). The molecule has 2 aromatic heterocycles. The lowest BCUT2D eigenvalue weighted by Crippen LogP contribution is -2.24. The normalized spacial score (nSPS) is 12.6. The Morgan fingerprint density at radius 1 is 1.04 bits per heavy atom. The first kappa shape index (κ1) is 17.6. The second kappa shape index (κ2) is 7.08. The van der Waals surface area contributed by atoms with Crippen molar-refractivity contribution in [2.75, 3.05) is 18.0 Å². The summed E-state index contributed by atoms with van der Waals surface area (Å²) in [6.45, 7) is 7.96. The van der Waals surface area contributed by atoms with Crippen molar-refractivity contribution in [2.45, 2.75) is 30.7 Å². The highest BCUT2D eigenvalue weighted by Gasteiger charge is 2.22. The Balaban J connectivity index is 2.03. The fraction of sp³-hybridized carbons (Fsp3) is 0.250. The van der Waals surface area contributed by atoms with Crippen molar-refractivity contribution in [1.29, 1.82) is 0 Å². The van der Waals surface area contributed by atoms with Gasteiger partial charge in [-0.2, -0.15) is 4.52 Å². The quantitative estimate of drug-likeness (QED) is 0.530. The highest BCUT2D eigenvalue weighted by atomic mass is 32.2. The van der Waals surface area contributed by atoms with Crippen molar-refractivity contribution in [3.05, 3.63) is 54.1 Å². The van der Waals surface area contributed by atoms with Crippen LogP contribution < -0.4 is 4.90 Å². The molecule has 2 heterocycles. The average molecular weight is 379 g/mol. The Hall–Kier alpha value is -2.80. The van der Waals surface area contributed by atoms with Crippen LogP contribution in [0.4, 0.5) is 5.82 Å². The number of fused-ring (bicyclic) bond motifs is 3. The van der Waals surface area contributed by atoms with Gasteiger partial charge in [-0.1, -0.05) is 35.5 Å². The number of hydrogen-bond acceptors (Lipinski definition) is 5. The monoisotopic (exact) mass is 379 g/mol. The molecule has 0 radical (unpaired) electrons. The Morgan fingerprint density at radius 3 is 2.48 bits per heavy atom. The van der Waals surface area contributed by atoms with Gasteiger partial charge >= 0.3 is 0 Å². The molecule has 138 valence electrons. The number of hydrogen-bond donors (Lipinski definition) is 0. The number of benzene rings is 2. The maximum atomic E-state index is 13.1. The lowest BCUT2D eigenvalue weighted by Gasteiger charge is -2.22. The van der Waals surface area contributed by atoms with Crippen molar-refractivity contribution in [3.8, 4) is 0 Å². The zero-order valence-corrected chi connectivity index (χ0v) is 16.4. The summed E-state index contributed by atoms with van der Waals surface area (Å²) in [4.78, 5) is 7.78. The second-order valence-electron chi connectivity index (χ2n) is 6.29. The first-order valence-electron chi connectivity index (χ1n) is 9.02. The maximum absolute atomic E-state index is 13.1. The number of nitrogens with zero attached hydrogens (tertiary/aromatic N) is 5. The van der Waals surface area contributed by atoms with Gasteiger partial charge in [-0.25, -0.2) is 9.19 Å². The molecule has 4 aromatic rings. The molecule has 1 atom stereocenters. The summed E-state index contributed by atoms with van der Waals surface area (Å²) in [6, 6.07) is 15.4. The van der Waals surface area contributed by atoms with Crippen LogP contribution >= 0.6 is 0 Å². The van der Waals surface area contributed by atoms with Crippen molar-refractivity contribution in [3.63, 3.8) is 0 Å². The minimum atomic E-state index is -1.44. The van der Waals surface area contributed by atoms with Crippen molar-refractivity contribution >= 4 is 33.2 Å². The van der Waals surface area contributed by atoms with Crippen molar-refractivity contribution < 1.29 is 4.21 Å². The van der Waals surface area contributed by atoms with Crippen molar-refractivity contribution in [2.24, 2.45) is 0 Å². The van der Waals surface area contributed by atoms with Gasteiger partial charge in [0.1, 0.15) is 16.6 Å². The van der Waals surface area contributed by atoms with Crippen molar-refractivity contribution in [1.82, 2.24) is 19.8 Å². The highest BCUT2D eigenvalue weighted by molar-refractivity contribution is 7.85. The first-order chi connectivity index (χ1) is 13.2. The third-order valence-corrected chi connectivity index (χ3v) is 6.04. The number of rotatable bonds is 5. The van der Waals surface area contributed by atoms with Crippen LogP contribution in [0.3, 0.4) is 0 Å². The highest BCUT2D eigenvalue weighted by Crippen LogP contribution is 2.30. The smallest absolute Gasteiger partial charge is 0.201 e. The largest absolute Gasteiger partial charge is 0.357 e. The average Bonchev–Trinajstić information content (AvgIpc) is 3.13. The van der Waals surface area contributed by atoms with Crippen LogP contribution in [0.1, 0.15) is 19.4 Å². The summed E-state index contributed by atoms with van der Waals surface area (Å²) in [5.74, 6) is 0.884. The lowest BCUT2D eigenvalue weighted by molar-refractivity contribution is 0.680. The first-order valence-corrected chi connectivity index (χ1v) is 10.2. The van der Waals surface area contributed by atoms with Gasteiger partial charge in [-0.15, -0.1) is 5.10 Å². The van der Waals surface area contributed by atoms with E-state index in [2.05, 4.69) is 42.0 Å². The van der Waals surface area contributed by atoms with Gasteiger partial charge in [0, 0.05) is 23.4 Å². The summed E-state index contributed by atoms with van der Waals surface area (Å²) in [5, 5.41) is 9.95. The van der Waals surface area contributed by atoms with Gasteiger partial charge in [0.05, 0.1) is 5.52 Å². The van der Waals surface area contributed by atoms with Gasteiger partial charge in [0.25, 0.3) is 0 Å². The van der Waals surface area contributed by atoms with Crippen LogP contribution in [-0.2, 0) is 10.8 Å². The minimum Gasteiger partial charge on any atom is -0.357 e. The Labute approximate surface area is 160 Å². The summed E-state index contributed by atoms with van der Waals surface area (Å²) in [7, 11) is -1.44. The van der Waals surface area contributed by atoms with Crippen LogP contribution in [0.25, 0.3) is 16.6 Å². The van der Waals surface area contributed by atoms with Gasteiger partial charge in [-0.3, -0.25) is 0 Å². The van der Waals surface area contributed by atoms with E-state index in [1.165, 1.54) is 0 Å². The van der Waals surface area contributed by atoms with Crippen LogP contribution in [0.2, 0.25) is 0 Å². The zero-order chi connectivity index (χ0) is 19.0. The molecule has 27 heavy (non-hydrogen) atoms. The van der Waals surface area contributed by atoms with E-state index >= 15 is 0 Å². The molecule has 0 aliphatic heterocycles. The van der Waals surface area contributed by atoms with Crippen LogP contribution in [-0.4, -0.2) is 37.1 Å². The van der Waals surface area contributed by atoms with Crippen LogP contribution in [0, 0.1) is 6.92 Å². The number of anilines is 1. The second-order valence-corrected chi connectivity index (χ2v) is 7.68. The van der Waals surface area contributed by atoms with Gasteiger partial charge in [-0.05, 0) is 44.5 Å². The molecule has 0 N–H and O–H groups in total. The molecule has 0 aliphatic rings. The molecule has 0 saturated carbocycles. The Bertz CT molecular complexity index is 1140. The fourth-order valence-electron chi connectivity index (χ4n) is 3.32. The maximum Gasteiger partial charge on any atom is 0.201 e. The van der Waals surface area contributed by atoms with Gasteiger partial charge in [0.2, 0.25) is 5.03 Å². The van der Waals surface area contributed by atoms with E-state index in [1.54, 1.807) is 4.52 Å². The summed E-state index contributed by atoms with van der Waals surface area (Å²) in [5.41, 5.74) is 2.59. The van der Waals surface area contributed by atoms with E-state index < -0.39 is 10.8 Å². The molecule has 0 saturated heterocycles. The molecule has 0 fully saturated rings. The van der Waals surface area contributed by atoms with E-state index in [1.807, 2.05) is 42.5 Å². The fourth-order valence-corrected chi connectivity index (χ4v) is 4.36. The molecular formula is C20H21N5OS. The number of aryl methyl sites for hydroxylation is 1. The molecular weight excluding hydrogens is 358 g/mol. The van der Waals surface area contributed by atoms with E-state index in [4.69, 9.17) is 4.98 Å². The minimum absolute atomic E-state index is 0.387. The molecule has 6 nitrogen and oxygen atoms in total. The van der Waals surface area contributed by atoms with Crippen LogP contribution in [0.5, 0.6) is 0 Å². The molecule has 0 spiro atoms.